The summed E-state index contributed by atoms with van der Waals surface area (Å²) in [5.74, 6) is 0.139. The van der Waals surface area contributed by atoms with E-state index in [0.717, 1.165) is 4.47 Å². The molecule has 0 aliphatic rings. The van der Waals surface area contributed by atoms with Crippen LogP contribution in [0.15, 0.2) is 45.3 Å². The second-order valence-corrected chi connectivity index (χ2v) is 5.88. The first kappa shape index (κ1) is 14.8. The van der Waals surface area contributed by atoms with Gasteiger partial charge in [0.2, 0.25) is 0 Å². The van der Waals surface area contributed by atoms with E-state index in [4.69, 9.17) is 0 Å². The van der Waals surface area contributed by atoms with Gasteiger partial charge in [-0.25, -0.2) is 0 Å². The van der Waals surface area contributed by atoms with Crippen LogP contribution in [0.4, 0.5) is 11.4 Å². The Balaban J connectivity index is 2.23. The first-order valence-electron chi connectivity index (χ1n) is 5.62. The van der Waals surface area contributed by atoms with Gasteiger partial charge in [-0.05, 0) is 30.3 Å². The van der Waals surface area contributed by atoms with Crippen LogP contribution in [0, 0.1) is 10.1 Å². The second kappa shape index (κ2) is 6.23. The first-order chi connectivity index (χ1) is 9.47. The first-order valence-corrected chi connectivity index (χ1v) is 7.21. The summed E-state index contributed by atoms with van der Waals surface area (Å²) in [6, 6.07) is 9.82. The number of rotatable bonds is 4. The predicted molar refractivity (Wildman–Crippen MR) is 83.9 cm³/mol. The molecule has 0 unspecified atom stereocenters. The van der Waals surface area contributed by atoms with Crippen molar-refractivity contribution in [1.82, 2.24) is 0 Å². The molecule has 0 radical (unpaired) electrons. The summed E-state index contributed by atoms with van der Waals surface area (Å²) in [6.45, 7) is 0.285. The maximum atomic E-state index is 11.0. The van der Waals surface area contributed by atoms with Crippen LogP contribution >= 0.6 is 31.9 Å². The van der Waals surface area contributed by atoms with E-state index in [2.05, 4.69) is 37.2 Å². The predicted octanol–water partition coefficient (Wildman–Crippen LogP) is 4.44. The van der Waals surface area contributed by atoms with Crippen molar-refractivity contribution in [1.29, 1.82) is 0 Å². The molecule has 0 aliphatic carbocycles. The van der Waals surface area contributed by atoms with Crippen LogP contribution in [0.1, 0.15) is 5.56 Å². The molecule has 5 nitrogen and oxygen atoms in total. The molecule has 0 aliphatic heterocycles. The zero-order valence-electron chi connectivity index (χ0n) is 10.1. The van der Waals surface area contributed by atoms with Gasteiger partial charge in [-0.2, -0.15) is 0 Å². The quantitative estimate of drug-likeness (QED) is 0.586. The van der Waals surface area contributed by atoms with Gasteiger partial charge in [-0.1, -0.05) is 31.9 Å². The van der Waals surface area contributed by atoms with Crippen LogP contribution in [0.25, 0.3) is 0 Å². The van der Waals surface area contributed by atoms with Gasteiger partial charge in [-0.15, -0.1) is 0 Å². The van der Waals surface area contributed by atoms with E-state index in [1.54, 1.807) is 30.3 Å². The molecule has 0 atom stereocenters. The average Bonchev–Trinajstić information content (AvgIpc) is 2.40. The highest BCUT2D eigenvalue weighted by atomic mass is 79.9. The lowest BCUT2D eigenvalue weighted by Crippen LogP contribution is -2.03. The summed E-state index contributed by atoms with van der Waals surface area (Å²) in [5.41, 5.74) is 1.03. The molecule has 0 saturated carbocycles. The SMILES string of the molecule is O=[N+]([O-])c1cc(Br)ccc1NCc1cc(Br)ccc1O. The smallest absolute Gasteiger partial charge is 0.293 e. The number of nitro groups is 1. The van der Waals surface area contributed by atoms with Crippen LogP contribution in [-0.4, -0.2) is 10.0 Å². The molecule has 2 rings (SSSR count). The van der Waals surface area contributed by atoms with Gasteiger partial charge >= 0.3 is 0 Å². The highest BCUT2D eigenvalue weighted by Crippen LogP contribution is 2.29. The number of hydrogen-bond acceptors (Lipinski definition) is 4. The van der Waals surface area contributed by atoms with Crippen LogP contribution in [0.5, 0.6) is 5.75 Å². The standard InChI is InChI=1S/C13H10Br2N2O3/c14-9-2-4-13(18)8(5-9)7-16-11-3-1-10(15)6-12(11)17(19)20/h1-6,16,18H,7H2. The van der Waals surface area contributed by atoms with Crippen molar-refractivity contribution in [2.45, 2.75) is 6.54 Å². The molecule has 0 saturated heterocycles. The van der Waals surface area contributed by atoms with Crippen molar-refractivity contribution in [2.24, 2.45) is 0 Å². The Morgan fingerprint density at radius 2 is 1.80 bits per heavy atom. The van der Waals surface area contributed by atoms with E-state index in [0.29, 0.717) is 15.7 Å². The minimum absolute atomic E-state index is 0.0196. The lowest BCUT2D eigenvalue weighted by atomic mass is 10.2. The number of phenolic OH excluding ortho intramolecular Hbond substituents is 1. The molecule has 104 valence electrons. The molecule has 0 aromatic heterocycles. The Morgan fingerprint density at radius 1 is 1.15 bits per heavy atom. The zero-order chi connectivity index (χ0) is 14.7. The maximum Gasteiger partial charge on any atom is 0.293 e. The Labute approximate surface area is 132 Å². The lowest BCUT2D eigenvalue weighted by molar-refractivity contribution is -0.384. The third-order valence-electron chi connectivity index (χ3n) is 2.67. The lowest BCUT2D eigenvalue weighted by Gasteiger charge is -2.09. The largest absolute Gasteiger partial charge is 0.508 e. The zero-order valence-corrected chi connectivity index (χ0v) is 13.3. The molecule has 2 aromatic carbocycles. The van der Waals surface area contributed by atoms with Crippen molar-refractivity contribution in [3.8, 4) is 5.75 Å². The van der Waals surface area contributed by atoms with Crippen molar-refractivity contribution < 1.29 is 10.0 Å². The van der Waals surface area contributed by atoms with Gasteiger partial charge in [0.1, 0.15) is 11.4 Å². The number of benzene rings is 2. The number of aromatic hydroxyl groups is 1. The van der Waals surface area contributed by atoms with Gasteiger partial charge < -0.3 is 10.4 Å². The van der Waals surface area contributed by atoms with Crippen LogP contribution in [0.2, 0.25) is 0 Å². The van der Waals surface area contributed by atoms with E-state index in [1.807, 2.05) is 0 Å². The Kier molecular flexibility index (Phi) is 4.61. The molecule has 0 amide bonds. The number of nitrogens with zero attached hydrogens (tertiary/aromatic N) is 1. The molecule has 20 heavy (non-hydrogen) atoms. The molecule has 7 heteroatoms. The fraction of sp³-hybridized carbons (Fsp3) is 0.0769. The minimum atomic E-state index is -0.451. The molecule has 0 bridgehead atoms. The summed E-state index contributed by atoms with van der Waals surface area (Å²) in [6.07, 6.45) is 0. The van der Waals surface area contributed by atoms with Crippen LogP contribution in [-0.2, 0) is 6.54 Å². The fourth-order valence-corrected chi connectivity index (χ4v) is 2.45. The number of nitrogens with one attached hydrogen (secondary N) is 1. The van der Waals surface area contributed by atoms with Gasteiger partial charge in [-0.3, -0.25) is 10.1 Å². The molecular weight excluding hydrogens is 392 g/mol. The monoisotopic (exact) mass is 400 g/mol. The topological polar surface area (TPSA) is 75.4 Å². The van der Waals surface area contributed by atoms with Gasteiger partial charge in [0.05, 0.1) is 4.92 Å². The van der Waals surface area contributed by atoms with E-state index >= 15 is 0 Å². The molecule has 0 fully saturated rings. The highest BCUT2D eigenvalue weighted by Gasteiger charge is 2.14. The molecule has 2 N–H and O–H groups in total. The molecular formula is C13H10Br2N2O3. The van der Waals surface area contributed by atoms with Crippen molar-refractivity contribution >= 4 is 43.2 Å². The normalized spacial score (nSPS) is 10.3. The van der Waals surface area contributed by atoms with Gasteiger partial charge in [0.25, 0.3) is 5.69 Å². The van der Waals surface area contributed by atoms with Crippen LogP contribution in [0.3, 0.4) is 0 Å². The van der Waals surface area contributed by atoms with E-state index < -0.39 is 4.92 Å². The number of phenols is 1. The summed E-state index contributed by atoms with van der Waals surface area (Å²) >= 11 is 6.52. The van der Waals surface area contributed by atoms with E-state index in [-0.39, 0.29) is 18.0 Å². The number of nitro benzene ring substituents is 1. The fourth-order valence-electron chi connectivity index (χ4n) is 1.69. The molecule has 0 heterocycles. The van der Waals surface area contributed by atoms with Crippen molar-refractivity contribution in [3.05, 3.63) is 61.0 Å². The van der Waals surface area contributed by atoms with Crippen LogP contribution < -0.4 is 5.32 Å². The van der Waals surface area contributed by atoms with E-state index in [1.165, 1.54) is 6.07 Å². The molecule has 0 spiro atoms. The third kappa shape index (κ3) is 3.49. The Bertz CT molecular complexity index is 662. The highest BCUT2D eigenvalue weighted by molar-refractivity contribution is 9.10. The number of anilines is 1. The third-order valence-corrected chi connectivity index (χ3v) is 3.65. The minimum Gasteiger partial charge on any atom is -0.508 e. The molecule has 2 aromatic rings. The van der Waals surface area contributed by atoms with E-state index in [9.17, 15) is 15.2 Å². The summed E-state index contributed by atoms with van der Waals surface area (Å²) in [7, 11) is 0. The summed E-state index contributed by atoms with van der Waals surface area (Å²) in [5, 5.41) is 23.7. The number of halogens is 2. The van der Waals surface area contributed by atoms with Crippen molar-refractivity contribution in [3.63, 3.8) is 0 Å². The average molecular weight is 402 g/mol. The van der Waals surface area contributed by atoms with Crippen molar-refractivity contribution in [2.75, 3.05) is 5.32 Å². The summed E-state index contributed by atoms with van der Waals surface area (Å²) in [4.78, 5) is 10.5. The Hall–Kier alpha value is -1.60. The number of hydrogen-bond donors (Lipinski definition) is 2. The van der Waals surface area contributed by atoms with Gasteiger partial charge in [0, 0.05) is 27.1 Å². The van der Waals surface area contributed by atoms with Gasteiger partial charge in [0.15, 0.2) is 0 Å². The Morgan fingerprint density at radius 3 is 2.50 bits per heavy atom. The second-order valence-electron chi connectivity index (χ2n) is 4.05. The maximum absolute atomic E-state index is 11.0. The summed E-state index contributed by atoms with van der Waals surface area (Å²) < 4.78 is 1.47.